The highest BCUT2D eigenvalue weighted by atomic mass is 16.5. The second-order valence-corrected chi connectivity index (χ2v) is 6.70. The number of hydrogen-bond donors (Lipinski definition) is 2. The number of hydrogen-bond acceptors (Lipinski definition) is 7. The second-order valence-electron chi connectivity index (χ2n) is 6.70. The van der Waals surface area contributed by atoms with Crippen LogP contribution in [0, 0.1) is 5.92 Å². The highest BCUT2D eigenvalue weighted by Gasteiger charge is 2.48. The van der Waals surface area contributed by atoms with Gasteiger partial charge in [-0.25, -0.2) is 4.98 Å². The largest absolute Gasteiger partial charge is 0.493 e. The van der Waals surface area contributed by atoms with Crippen LogP contribution in [-0.4, -0.2) is 29.8 Å². The minimum atomic E-state index is -0.514. The van der Waals surface area contributed by atoms with E-state index in [4.69, 9.17) is 25.7 Å². The maximum Gasteiger partial charge on any atom is 0.221 e. The lowest BCUT2D eigenvalue weighted by atomic mass is 9.87. The molecule has 4 N–H and O–H groups in total. The zero-order valence-corrected chi connectivity index (χ0v) is 14.9. The van der Waals surface area contributed by atoms with Gasteiger partial charge in [0.25, 0.3) is 0 Å². The summed E-state index contributed by atoms with van der Waals surface area (Å²) in [7, 11) is 3.23. The fourth-order valence-corrected chi connectivity index (χ4v) is 3.50. The number of benzene rings is 1. The van der Waals surface area contributed by atoms with Gasteiger partial charge in [-0.3, -0.25) is 0 Å². The summed E-state index contributed by atoms with van der Waals surface area (Å²) in [6.45, 7) is 0. The quantitative estimate of drug-likeness (QED) is 0.849. The topological polar surface area (TPSA) is 106 Å². The molecule has 1 aliphatic carbocycles. The number of ether oxygens (including phenoxy) is 3. The number of fused-ring (bicyclic) bond motifs is 1. The van der Waals surface area contributed by atoms with Crippen molar-refractivity contribution in [2.45, 2.75) is 24.9 Å². The minimum absolute atomic E-state index is 0.170. The summed E-state index contributed by atoms with van der Waals surface area (Å²) in [6.07, 6.45) is 8.64. The molecule has 0 radical (unpaired) electrons. The third-order valence-corrected chi connectivity index (χ3v) is 5.02. The third-order valence-electron chi connectivity index (χ3n) is 5.02. The van der Waals surface area contributed by atoms with Gasteiger partial charge in [0.2, 0.25) is 11.7 Å². The summed E-state index contributed by atoms with van der Waals surface area (Å²) in [5, 5.41) is 0. The number of aromatic nitrogens is 2. The van der Waals surface area contributed by atoms with Gasteiger partial charge in [-0.2, -0.15) is 4.98 Å². The molecule has 1 aromatic heterocycles. The summed E-state index contributed by atoms with van der Waals surface area (Å²) >= 11 is 0. The van der Waals surface area contributed by atoms with Crippen LogP contribution < -0.4 is 25.7 Å². The Kier molecular flexibility index (Phi) is 3.86. The molecule has 2 heterocycles. The van der Waals surface area contributed by atoms with E-state index in [1.807, 2.05) is 12.1 Å². The number of nitrogens with two attached hydrogens (primary N) is 2. The van der Waals surface area contributed by atoms with E-state index in [1.54, 1.807) is 20.4 Å². The normalized spacial score (nSPS) is 21.0. The standard InChI is InChI=1S/C19H22N4O3/c1-24-14-6-3-11-7-8-19(13-4-5-13,26-15(11)16(14)25-2)9-12-10-22-18(21)23-17(12)20/h3,6-8,10,13H,4-5,9H2,1-2H3,(H4,20,21,22,23). The van der Waals surface area contributed by atoms with Crippen LogP contribution in [0.2, 0.25) is 0 Å². The summed E-state index contributed by atoms with van der Waals surface area (Å²) in [6, 6.07) is 3.84. The zero-order chi connectivity index (χ0) is 18.3. The monoisotopic (exact) mass is 354 g/mol. The molecule has 0 amide bonds. The van der Waals surface area contributed by atoms with Crippen molar-refractivity contribution in [3.8, 4) is 17.2 Å². The Morgan fingerprint density at radius 1 is 1.23 bits per heavy atom. The Morgan fingerprint density at radius 3 is 2.69 bits per heavy atom. The summed E-state index contributed by atoms with van der Waals surface area (Å²) in [5.41, 5.74) is 12.9. The van der Waals surface area contributed by atoms with Gasteiger partial charge >= 0.3 is 0 Å². The van der Waals surface area contributed by atoms with E-state index in [0.29, 0.717) is 35.4 Å². The fourth-order valence-electron chi connectivity index (χ4n) is 3.50. The number of nitrogens with zero attached hydrogens (tertiary/aromatic N) is 2. The molecule has 1 atom stereocenters. The van der Waals surface area contributed by atoms with Crippen molar-refractivity contribution < 1.29 is 14.2 Å². The molecule has 2 aromatic rings. The van der Waals surface area contributed by atoms with Crippen molar-refractivity contribution in [1.82, 2.24) is 9.97 Å². The molecule has 7 nitrogen and oxygen atoms in total. The smallest absolute Gasteiger partial charge is 0.221 e. The number of rotatable bonds is 5. The van der Waals surface area contributed by atoms with Gasteiger partial charge in [0, 0.05) is 29.7 Å². The first kappa shape index (κ1) is 16.5. The predicted molar refractivity (Wildman–Crippen MR) is 99.2 cm³/mol. The Hall–Kier alpha value is -2.96. The van der Waals surface area contributed by atoms with Crippen molar-refractivity contribution in [3.63, 3.8) is 0 Å². The molecule has 1 fully saturated rings. The van der Waals surface area contributed by atoms with Crippen LogP contribution in [0.15, 0.2) is 24.4 Å². The van der Waals surface area contributed by atoms with E-state index < -0.39 is 5.60 Å². The molecule has 0 spiro atoms. The van der Waals surface area contributed by atoms with E-state index in [-0.39, 0.29) is 5.95 Å². The molecule has 0 saturated heterocycles. The lowest BCUT2D eigenvalue weighted by Gasteiger charge is -2.36. The summed E-state index contributed by atoms with van der Waals surface area (Å²) in [5.74, 6) is 2.89. The van der Waals surface area contributed by atoms with Gasteiger partial charge < -0.3 is 25.7 Å². The first-order chi connectivity index (χ1) is 12.6. The van der Waals surface area contributed by atoms with Crippen LogP contribution in [0.5, 0.6) is 17.2 Å². The molecule has 26 heavy (non-hydrogen) atoms. The molecule has 0 bridgehead atoms. The Balaban J connectivity index is 1.75. The highest BCUT2D eigenvalue weighted by Crippen LogP contribution is 2.52. The van der Waals surface area contributed by atoms with Crippen LogP contribution in [0.3, 0.4) is 0 Å². The molecule has 4 rings (SSSR count). The Labute approximate surface area is 152 Å². The fraction of sp³-hybridized carbons (Fsp3) is 0.368. The number of methoxy groups -OCH3 is 2. The second kappa shape index (κ2) is 6.09. The van der Waals surface area contributed by atoms with Crippen LogP contribution >= 0.6 is 0 Å². The molecule has 1 aromatic carbocycles. The Bertz CT molecular complexity index is 879. The third kappa shape index (κ3) is 2.69. The lowest BCUT2D eigenvalue weighted by Crippen LogP contribution is -2.41. The molecule has 2 aliphatic rings. The molecular formula is C19H22N4O3. The molecule has 1 saturated carbocycles. The van der Waals surface area contributed by atoms with E-state index in [2.05, 4.69) is 22.1 Å². The molecular weight excluding hydrogens is 332 g/mol. The maximum atomic E-state index is 6.56. The van der Waals surface area contributed by atoms with Crippen LogP contribution in [0.1, 0.15) is 24.0 Å². The zero-order valence-electron chi connectivity index (χ0n) is 14.9. The molecule has 7 heteroatoms. The molecule has 1 unspecified atom stereocenters. The summed E-state index contributed by atoms with van der Waals surface area (Å²) < 4.78 is 17.5. The first-order valence-corrected chi connectivity index (χ1v) is 8.56. The average Bonchev–Trinajstić information content (AvgIpc) is 3.48. The van der Waals surface area contributed by atoms with Gasteiger partial charge in [0.1, 0.15) is 11.4 Å². The van der Waals surface area contributed by atoms with Gasteiger partial charge in [-0.15, -0.1) is 0 Å². The summed E-state index contributed by atoms with van der Waals surface area (Å²) in [4.78, 5) is 8.16. The van der Waals surface area contributed by atoms with Crippen LogP contribution in [0.4, 0.5) is 11.8 Å². The maximum absolute atomic E-state index is 6.56. The minimum Gasteiger partial charge on any atom is -0.493 e. The van der Waals surface area contributed by atoms with Crippen LogP contribution in [-0.2, 0) is 6.42 Å². The van der Waals surface area contributed by atoms with Gasteiger partial charge in [-0.05, 0) is 31.1 Å². The predicted octanol–water partition coefficient (Wildman–Crippen LogP) is 2.46. The van der Waals surface area contributed by atoms with Crippen LogP contribution in [0.25, 0.3) is 6.08 Å². The van der Waals surface area contributed by atoms with Gasteiger partial charge in [0.05, 0.1) is 14.2 Å². The average molecular weight is 354 g/mol. The van der Waals surface area contributed by atoms with E-state index in [9.17, 15) is 0 Å². The highest BCUT2D eigenvalue weighted by molar-refractivity contribution is 5.69. The van der Waals surface area contributed by atoms with Crippen molar-refractivity contribution in [2.24, 2.45) is 5.92 Å². The van der Waals surface area contributed by atoms with Crippen molar-refractivity contribution in [1.29, 1.82) is 0 Å². The van der Waals surface area contributed by atoms with E-state index in [1.165, 1.54) is 0 Å². The molecule has 136 valence electrons. The number of anilines is 2. The Morgan fingerprint density at radius 2 is 2.04 bits per heavy atom. The SMILES string of the molecule is COc1ccc2c(c1OC)OC(Cc1cnc(N)nc1N)(C1CC1)C=C2. The van der Waals surface area contributed by atoms with E-state index >= 15 is 0 Å². The van der Waals surface area contributed by atoms with Gasteiger partial charge in [-0.1, -0.05) is 6.08 Å². The van der Waals surface area contributed by atoms with Gasteiger partial charge in [0.15, 0.2) is 11.5 Å². The lowest BCUT2D eigenvalue weighted by molar-refractivity contribution is 0.0886. The van der Waals surface area contributed by atoms with Crippen molar-refractivity contribution >= 4 is 17.8 Å². The first-order valence-electron chi connectivity index (χ1n) is 8.56. The molecule has 1 aliphatic heterocycles. The van der Waals surface area contributed by atoms with Crippen molar-refractivity contribution in [2.75, 3.05) is 25.7 Å². The number of nitrogen functional groups attached to an aromatic ring is 2. The van der Waals surface area contributed by atoms with Crippen molar-refractivity contribution in [3.05, 3.63) is 35.5 Å². The van der Waals surface area contributed by atoms with E-state index in [0.717, 1.165) is 24.0 Å².